The molecule has 0 rings (SSSR count). The normalized spacial score (nSPS) is 12.1. The fourth-order valence-corrected chi connectivity index (χ4v) is 3.21. The smallest absolute Gasteiger partial charge is 1.00 e. The number of unbranched alkanes of at least 4 members (excludes halogenated alkanes) is 9. The molecular formula is C18H36NNaO7S. The van der Waals surface area contributed by atoms with Crippen LogP contribution in [0.4, 0.5) is 0 Å². The topological polar surface area (TPSA) is 133 Å². The van der Waals surface area contributed by atoms with Gasteiger partial charge in [0.2, 0.25) is 0 Å². The average molecular weight is 434 g/mol. The Bertz CT molecular complexity index is 520. The van der Waals surface area contributed by atoms with Gasteiger partial charge in [-0.2, -0.15) is 8.42 Å². The number of rotatable bonds is 17. The van der Waals surface area contributed by atoms with Crippen molar-refractivity contribution in [1.29, 1.82) is 0 Å². The summed E-state index contributed by atoms with van der Waals surface area (Å²) in [7, 11) is -4.76. The maximum Gasteiger partial charge on any atom is 1.00 e. The van der Waals surface area contributed by atoms with Gasteiger partial charge >= 0.3 is 41.5 Å². The summed E-state index contributed by atoms with van der Waals surface area (Å²) in [5, 5.41) is -1.98. The molecule has 162 valence electrons. The number of ether oxygens (including phenoxy) is 2. The molecule has 0 saturated heterocycles. The molecule has 0 fully saturated rings. The molecule has 0 aliphatic heterocycles. The Morgan fingerprint density at radius 2 is 1.43 bits per heavy atom. The van der Waals surface area contributed by atoms with Gasteiger partial charge in [-0.1, -0.05) is 64.7 Å². The van der Waals surface area contributed by atoms with Crippen molar-refractivity contribution in [3.05, 3.63) is 0 Å². The second kappa shape index (κ2) is 18.8. The molecule has 1 atom stereocenters. The molecule has 0 aromatic heterocycles. The van der Waals surface area contributed by atoms with Gasteiger partial charge in [0.15, 0.2) is 5.25 Å². The van der Waals surface area contributed by atoms with Crippen LogP contribution in [-0.2, 0) is 29.2 Å². The summed E-state index contributed by atoms with van der Waals surface area (Å²) in [6.07, 6.45) is 10.6. The van der Waals surface area contributed by atoms with Gasteiger partial charge in [0, 0.05) is 6.54 Å². The Kier molecular flexibility index (Phi) is 20.2. The molecule has 0 spiro atoms. The van der Waals surface area contributed by atoms with Crippen molar-refractivity contribution in [1.82, 2.24) is 0 Å². The maximum atomic E-state index is 11.7. The molecule has 0 aliphatic rings. The van der Waals surface area contributed by atoms with E-state index < -0.39 is 33.7 Å². The van der Waals surface area contributed by atoms with Crippen molar-refractivity contribution in [2.24, 2.45) is 5.73 Å². The minimum atomic E-state index is -4.76. The first-order valence-corrected chi connectivity index (χ1v) is 11.3. The van der Waals surface area contributed by atoms with Gasteiger partial charge in [-0.05, 0) is 6.42 Å². The van der Waals surface area contributed by atoms with Crippen LogP contribution >= 0.6 is 0 Å². The molecule has 0 bridgehead atoms. The molecule has 10 heteroatoms. The number of hydrogen-bond donors (Lipinski definition) is 2. The Balaban J connectivity index is -0.00000338. The first-order valence-electron chi connectivity index (χ1n) is 9.81. The van der Waals surface area contributed by atoms with E-state index in [-0.39, 0.29) is 50.7 Å². The number of hydrogen-bond acceptors (Lipinski definition) is 7. The van der Waals surface area contributed by atoms with Gasteiger partial charge in [-0.15, -0.1) is 0 Å². The molecule has 0 aliphatic carbocycles. The van der Waals surface area contributed by atoms with E-state index in [9.17, 15) is 18.0 Å². The fourth-order valence-electron chi connectivity index (χ4n) is 2.55. The van der Waals surface area contributed by atoms with E-state index in [1.54, 1.807) is 0 Å². The second-order valence-electron chi connectivity index (χ2n) is 6.57. The Labute approximate surface area is 192 Å². The fraction of sp³-hybridized carbons (Fsp3) is 0.889. The molecule has 0 saturated carbocycles. The minimum Gasteiger partial charge on any atom is -1.00 e. The average Bonchev–Trinajstić information content (AvgIpc) is 2.61. The Morgan fingerprint density at radius 1 is 0.929 bits per heavy atom. The summed E-state index contributed by atoms with van der Waals surface area (Å²) in [4.78, 5) is 23.3. The van der Waals surface area contributed by atoms with E-state index in [0.717, 1.165) is 19.3 Å². The van der Waals surface area contributed by atoms with Crippen LogP contribution in [0.2, 0.25) is 0 Å². The SMILES string of the molecule is CCCCCCCCCCCCOC(=O)CC(C(=O)OCCN)S(=O)(=O)O.[H-].[Na+]. The van der Waals surface area contributed by atoms with Crippen LogP contribution in [0.3, 0.4) is 0 Å². The van der Waals surface area contributed by atoms with E-state index in [0.29, 0.717) is 6.42 Å². The summed E-state index contributed by atoms with van der Waals surface area (Å²) < 4.78 is 41.1. The largest absolute Gasteiger partial charge is 1.00 e. The predicted octanol–water partition coefficient (Wildman–Crippen LogP) is -0.285. The van der Waals surface area contributed by atoms with Crippen LogP contribution < -0.4 is 35.3 Å². The van der Waals surface area contributed by atoms with Gasteiger partial charge in [0.1, 0.15) is 6.61 Å². The summed E-state index contributed by atoms with van der Waals surface area (Å²) in [6.45, 7) is 2.17. The number of carbonyl (C=O) groups excluding carboxylic acids is 2. The van der Waals surface area contributed by atoms with Crippen molar-refractivity contribution >= 4 is 22.1 Å². The van der Waals surface area contributed by atoms with Crippen LogP contribution in [0, 0.1) is 0 Å². The van der Waals surface area contributed by atoms with Gasteiger partial charge in [0.25, 0.3) is 10.1 Å². The first-order chi connectivity index (χ1) is 12.8. The van der Waals surface area contributed by atoms with E-state index in [1.807, 2.05) is 0 Å². The van der Waals surface area contributed by atoms with Crippen LogP contribution in [0.15, 0.2) is 0 Å². The quantitative estimate of drug-likeness (QED) is 0.138. The summed E-state index contributed by atoms with van der Waals surface area (Å²) in [5.74, 6) is -2.07. The van der Waals surface area contributed by atoms with E-state index in [4.69, 9.17) is 15.0 Å². The maximum absolute atomic E-state index is 11.7. The number of esters is 2. The summed E-state index contributed by atoms with van der Waals surface area (Å²) in [6, 6.07) is 0. The summed E-state index contributed by atoms with van der Waals surface area (Å²) >= 11 is 0. The van der Waals surface area contributed by atoms with Crippen molar-refractivity contribution in [2.45, 2.75) is 82.8 Å². The zero-order valence-corrected chi connectivity index (χ0v) is 20.2. The van der Waals surface area contributed by atoms with E-state index in [2.05, 4.69) is 11.7 Å². The molecule has 3 N–H and O–H groups in total. The van der Waals surface area contributed by atoms with E-state index >= 15 is 0 Å². The molecule has 1 unspecified atom stereocenters. The van der Waals surface area contributed by atoms with E-state index in [1.165, 1.54) is 38.5 Å². The molecule has 0 heterocycles. The first kappa shape index (κ1) is 30.0. The van der Waals surface area contributed by atoms with Crippen molar-refractivity contribution in [3.8, 4) is 0 Å². The monoisotopic (exact) mass is 433 g/mol. The van der Waals surface area contributed by atoms with Gasteiger partial charge in [-0.25, -0.2) is 0 Å². The third kappa shape index (κ3) is 16.7. The summed E-state index contributed by atoms with van der Waals surface area (Å²) in [5.41, 5.74) is 5.16. The van der Waals surface area contributed by atoms with Crippen molar-refractivity contribution < 1.29 is 63.0 Å². The van der Waals surface area contributed by atoms with Crippen molar-refractivity contribution in [2.75, 3.05) is 19.8 Å². The van der Waals surface area contributed by atoms with Gasteiger partial charge in [-0.3, -0.25) is 14.1 Å². The standard InChI is InChI=1S/C18H35NO7S.Na.H/c1-2-3-4-5-6-7-8-9-10-11-13-25-17(20)15-16(27(22,23)24)18(21)26-14-12-19;;/h16H,2-15,19H2,1H3,(H,22,23,24);;/q;+1;-1. The molecule has 0 amide bonds. The molecule has 28 heavy (non-hydrogen) atoms. The van der Waals surface area contributed by atoms with Gasteiger partial charge < -0.3 is 16.6 Å². The number of carbonyl (C=O) groups is 2. The predicted molar refractivity (Wildman–Crippen MR) is 104 cm³/mol. The Hall–Kier alpha value is -0.190. The van der Waals surface area contributed by atoms with Crippen LogP contribution in [0.5, 0.6) is 0 Å². The third-order valence-electron chi connectivity index (χ3n) is 4.10. The molecule has 0 aromatic rings. The zero-order chi connectivity index (χ0) is 20.5. The molecule has 0 aromatic carbocycles. The van der Waals surface area contributed by atoms with Crippen molar-refractivity contribution in [3.63, 3.8) is 0 Å². The van der Waals surface area contributed by atoms with Crippen LogP contribution in [0.1, 0.15) is 79.0 Å². The molecule has 8 nitrogen and oxygen atoms in total. The second-order valence-corrected chi connectivity index (χ2v) is 8.17. The Morgan fingerprint density at radius 3 is 1.89 bits per heavy atom. The van der Waals surface area contributed by atoms with Crippen LogP contribution in [0.25, 0.3) is 0 Å². The molecular weight excluding hydrogens is 397 g/mol. The van der Waals surface area contributed by atoms with Gasteiger partial charge in [0.05, 0.1) is 13.0 Å². The zero-order valence-electron chi connectivity index (χ0n) is 18.4. The number of nitrogens with two attached hydrogens (primary N) is 1. The molecule has 0 radical (unpaired) electrons. The van der Waals surface area contributed by atoms with Crippen LogP contribution in [-0.4, -0.2) is 49.9 Å². The third-order valence-corrected chi connectivity index (χ3v) is 5.18. The minimum absolute atomic E-state index is 0.